The summed E-state index contributed by atoms with van der Waals surface area (Å²) in [6, 6.07) is 0. The van der Waals surface area contributed by atoms with E-state index in [1.165, 1.54) is 7.11 Å². The lowest BCUT2D eigenvalue weighted by Gasteiger charge is -2.26. The maximum absolute atomic E-state index is 11.0. The van der Waals surface area contributed by atoms with Gasteiger partial charge in [0.05, 0.1) is 13.5 Å². The molecule has 3 heteroatoms. The first-order valence-corrected chi connectivity index (χ1v) is 4.35. The van der Waals surface area contributed by atoms with E-state index in [2.05, 4.69) is 4.74 Å². The summed E-state index contributed by atoms with van der Waals surface area (Å²) in [5.74, 6) is -0.0798. The zero-order valence-corrected chi connectivity index (χ0v) is 8.00. The molecular weight excluding hydrogens is 168 g/mol. The van der Waals surface area contributed by atoms with Gasteiger partial charge in [0.1, 0.15) is 0 Å². The molecule has 1 unspecified atom stereocenters. The Bertz CT molecular complexity index is 255. The number of carbonyl (C=O) groups is 2. The molecule has 0 aromatic heterocycles. The number of esters is 1. The van der Waals surface area contributed by atoms with Crippen molar-refractivity contribution in [2.24, 2.45) is 5.41 Å². The van der Waals surface area contributed by atoms with Gasteiger partial charge in [-0.25, -0.2) is 0 Å². The highest BCUT2D eigenvalue weighted by molar-refractivity contribution is 5.90. The molecule has 0 saturated heterocycles. The Kier molecular flexibility index (Phi) is 2.86. The Morgan fingerprint density at radius 3 is 2.85 bits per heavy atom. The van der Waals surface area contributed by atoms with Crippen molar-refractivity contribution < 1.29 is 14.3 Å². The lowest BCUT2D eigenvalue weighted by Crippen LogP contribution is -2.23. The van der Waals surface area contributed by atoms with Crippen molar-refractivity contribution in [3.05, 3.63) is 12.2 Å². The molecule has 0 saturated carbocycles. The number of ether oxygens (including phenoxy) is 1. The fourth-order valence-corrected chi connectivity index (χ4v) is 1.42. The summed E-state index contributed by atoms with van der Waals surface area (Å²) >= 11 is 0. The van der Waals surface area contributed by atoms with Gasteiger partial charge >= 0.3 is 5.97 Å². The molecule has 0 spiro atoms. The molecule has 0 aliphatic heterocycles. The number of rotatable bonds is 2. The fourth-order valence-electron chi connectivity index (χ4n) is 1.42. The van der Waals surface area contributed by atoms with Gasteiger partial charge < -0.3 is 4.74 Å². The maximum atomic E-state index is 11.0. The quantitative estimate of drug-likeness (QED) is 0.607. The summed E-state index contributed by atoms with van der Waals surface area (Å²) in [7, 11) is 1.38. The first-order valence-electron chi connectivity index (χ1n) is 4.35. The van der Waals surface area contributed by atoms with E-state index in [0.717, 1.165) is 6.42 Å². The van der Waals surface area contributed by atoms with E-state index in [9.17, 15) is 9.59 Å². The Labute approximate surface area is 77.8 Å². The number of methoxy groups -OCH3 is 1. The van der Waals surface area contributed by atoms with Crippen LogP contribution in [0.15, 0.2) is 12.2 Å². The summed E-state index contributed by atoms with van der Waals surface area (Å²) < 4.78 is 4.59. The number of ketones is 1. The van der Waals surface area contributed by atoms with E-state index in [1.54, 1.807) is 6.08 Å². The number of hydrogen-bond donors (Lipinski definition) is 0. The van der Waals surface area contributed by atoms with Gasteiger partial charge in [-0.2, -0.15) is 0 Å². The van der Waals surface area contributed by atoms with Gasteiger partial charge in [-0.1, -0.05) is 13.0 Å². The molecular formula is C10H14O3. The van der Waals surface area contributed by atoms with Gasteiger partial charge in [0.2, 0.25) is 0 Å². The molecule has 3 nitrogen and oxygen atoms in total. The van der Waals surface area contributed by atoms with E-state index in [0.29, 0.717) is 12.8 Å². The molecule has 0 N–H and O–H groups in total. The minimum atomic E-state index is -0.221. The van der Waals surface area contributed by atoms with E-state index in [-0.39, 0.29) is 17.2 Å². The standard InChI is InChI=1S/C10H14O3/c1-10(7-9(12)13-2)5-3-8(11)4-6-10/h3,5H,4,6-7H2,1-2H3. The minimum Gasteiger partial charge on any atom is -0.469 e. The Hall–Kier alpha value is -1.12. The van der Waals surface area contributed by atoms with E-state index >= 15 is 0 Å². The van der Waals surface area contributed by atoms with Gasteiger partial charge in [0, 0.05) is 6.42 Å². The molecule has 1 rings (SSSR count). The van der Waals surface area contributed by atoms with E-state index in [4.69, 9.17) is 0 Å². The molecule has 0 aromatic carbocycles. The molecule has 1 atom stereocenters. The second kappa shape index (κ2) is 3.73. The first-order chi connectivity index (χ1) is 6.06. The number of carbonyl (C=O) groups excluding carboxylic acids is 2. The van der Waals surface area contributed by atoms with Crippen LogP contribution in [0.5, 0.6) is 0 Å². The highest BCUT2D eigenvalue weighted by atomic mass is 16.5. The molecule has 0 aromatic rings. The van der Waals surface area contributed by atoms with Gasteiger partial charge in [-0.3, -0.25) is 9.59 Å². The lowest BCUT2D eigenvalue weighted by atomic mass is 9.78. The topological polar surface area (TPSA) is 43.4 Å². The highest BCUT2D eigenvalue weighted by Crippen LogP contribution is 2.32. The molecule has 0 bridgehead atoms. The SMILES string of the molecule is COC(=O)CC1(C)C=CC(=O)CC1. The van der Waals surface area contributed by atoms with Crippen LogP contribution in [0, 0.1) is 5.41 Å². The fraction of sp³-hybridized carbons (Fsp3) is 0.600. The third-order valence-corrected chi connectivity index (χ3v) is 2.39. The van der Waals surface area contributed by atoms with Crippen LogP contribution < -0.4 is 0 Å². The third-order valence-electron chi connectivity index (χ3n) is 2.39. The van der Waals surface area contributed by atoms with Crippen LogP contribution in [0.4, 0.5) is 0 Å². The predicted octanol–water partition coefficient (Wildman–Crippen LogP) is 1.47. The van der Waals surface area contributed by atoms with Crippen LogP contribution in [0.2, 0.25) is 0 Å². The molecule has 0 heterocycles. The van der Waals surface area contributed by atoms with Crippen LogP contribution in [0.3, 0.4) is 0 Å². The lowest BCUT2D eigenvalue weighted by molar-refractivity contribution is -0.142. The number of allylic oxidation sites excluding steroid dienone is 2. The minimum absolute atomic E-state index is 0.141. The summed E-state index contributed by atoms with van der Waals surface area (Å²) in [5.41, 5.74) is -0.193. The summed E-state index contributed by atoms with van der Waals surface area (Å²) in [5, 5.41) is 0. The summed E-state index contributed by atoms with van der Waals surface area (Å²) in [4.78, 5) is 21.9. The van der Waals surface area contributed by atoms with Crippen molar-refractivity contribution >= 4 is 11.8 Å². The van der Waals surface area contributed by atoms with Gasteiger partial charge in [-0.15, -0.1) is 0 Å². The van der Waals surface area contributed by atoms with Crippen LogP contribution in [-0.4, -0.2) is 18.9 Å². The zero-order chi connectivity index (χ0) is 9.90. The molecule has 0 amide bonds. The Morgan fingerprint density at radius 2 is 2.38 bits per heavy atom. The van der Waals surface area contributed by atoms with Crippen molar-refractivity contribution in [1.29, 1.82) is 0 Å². The second-order valence-corrected chi connectivity index (χ2v) is 3.71. The van der Waals surface area contributed by atoms with E-state index < -0.39 is 0 Å². The van der Waals surface area contributed by atoms with Crippen LogP contribution in [0.25, 0.3) is 0 Å². The maximum Gasteiger partial charge on any atom is 0.306 e. The van der Waals surface area contributed by atoms with Crippen molar-refractivity contribution in [3.8, 4) is 0 Å². The summed E-state index contributed by atoms with van der Waals surface area (Å²) in [6.07, 6.45) is 5.00. The molecule has 0 radical (unpaired) electrons. The van der Waals surface area contributed by atoms with Crippen molar-refractivity contribution in [2.75, 3.05) is 7.11 Å². The molecule has 0 fully saturated rings. The summed E-state index contributed by atoms with van der Waals surface area (Å²) in [6.45, 7) is 1.97. The smallest absolute Gasteiger partial charge is 0.306 e. The largest absolute Gasteiger partial charge is 0.469 e. The van der Waals surface area contributed by atoms with Crippen molar-refractivity contribution in [1.82, 2.24) is 0 Å². The second-order valence-electron chi connectivity index (χ2n) is 3.71. The van der Waals surface area contributed by atoms with Gasteiger partial charge in [0.15, 0.2) is 5.78 Å². The first kappa shape index (κ1) is 9.96. The Balaban J connectivity index is 2.62. The van der Waals surface area contributed by atoms with E-state index in [1.807, 2.05) is 13.0 Å². The molecule has 13 heavy (non-hydrogen) atoms. The van der Waals surface area contributed by atoms with Gasteiger partial charge in [0.25, 0.3) is 0 Å². The average Bonchev–Trinajstić information content (AvgIpc) is 2.10. The average molecular weight is 182 g/mol. The van der Waals surface area contributed by atoms with Gasteiger partial charge in [-0.05, 0) is 17.9 Å². The Morgan fingerprint density at radius 1 is 1.69 bits per heavy atom. The number of hydrogen-bond acceptors (Lipinski definition) is 3. The van der Waals surface area contributed by atoms with Crippen molar-refractivity contribution in [3.63, 3.8) is 0 Å². The van der Waals surface area contributed by atoms with Crippen molar-refractivity contribution in [2.45, 2.75) is 26.2 Å². The molecule has 1 aliphatic carbocycles. The molecule has 1 aliphatic rings. The van der Waals surface area contributed by atoms with Crippen LogP contribution in [0.1, 0.15) is 26.2 Å². The third kappa shape index (κ3) is 2.68. The normalized spacial score (nSPS) is 27.4. The van der Waals surface area contributed by atoms with Crippen LogP contribution in [-0.2, 0) is 14.3 Å². The van der Waals surface area contributed by atoms with Crippen LogP contribution >= 0.6 is 0 Å². The highest BCUT2D eigenvalue weighted by Gasteiger charge is 2.28. The monoisotopic (exact) mass is 182 g/mol. The zero-order valence-electron chi connectivity index (χ0n) is 8.00. The predicted molar refractivity (Wildman–Crippen MR) is 48.1 cm³/mol. The molecule has 72 valence electrons.